The van der Waals surface area contributed by atoms with Gasteiger partial charge in [0.15, 0.2) is 0 Å². The van der Waals surface area contributed by atoms with E-state index >= 15 is 0 Å². The van der Waals surface area contributed by atoms with E-state index in [9.17, 15) is 9.59 Å². The largest absolute Gasteiger partial charge is 0.350 e. The molecule has 1 atom stereocenters. The van der Waals surface area contributed by atoms with Gasteiger partial charge in [0.25, 0.3) is 11.8 Å². The molecule has 0 aliphatic carbocycles. The highest BCUT2D eigenvalue weighted by Gasteiger charge is 2.13. The van der Waals surface area contributed by atoms with Gasteiger partial charge in [0, 0.05) is 18.2 Å². The summed E-state index contributed by atoms with van der Waals surface area (Å²) >= 11 is 7.24. The van der Waals surface area contributed by atoms with Crippen LogP contribution in [0.1, 0.15) is 46.5 Å². The summed E-state index contributed by atoms with van der Waals surface area (Å²) in [6, 6.07) is 10.6. The lowest BCUT2D eigenvalue weighted by molar-refractivity contribution is 0.0933. The molecule has 0 spiro atoms. The molecule has 0 radical (unpaired) electrons. The number of pyridine rings is 1. The fraction of sp³-hybridized carbons (Fsp3) is 0.316. The number of carbonyl (C=O) groups is 2. The molecule has 2 rings (SSSR count). The number of benzene rings is 1. The van der Waals surface area contributed by atoms with Gasteiger partial charge in [-0.3, -0.25) is 9.59 Å². The minimum atomic E-state index is -0.211. The van der Waals surface area contributed by atoms with Gasteiger partial charge < -0.3 is 10.6 Å². The Labute approximate surface area is 162 Å². The smallest absolute Gasteiger partial charge is 0.254 e. The third-order valence-electron chi connectivity index (χ3n) is 3.92. The molecule has 26 heavy (non-hydrogen) atoms. The molecule has 1 heterocycles. The van der Waals surface area contributed by atoms with Crippen molar-refractivity contribution in [3.05, 3.63) is 58.2 Å². The van der Waals surface area contributed by atoms with Crippen LogP contribution in [-0.4, -0.2) is 29.1 Å². The zero-order valence-corrected chi connectivity index (χ0v) is 16.6. The van der Waals surface area contributed by atoms with Crippen LogP contribution < -0.4 is 10.6 Å². The molecule has 0 aliphatic rings. The van der Waals surface area contributed by atoms with E-state index in [1.54, 1.807) is 24.3 Å². The third kappa shape index (κ3) is 5.47. The van der Waals surface area contributed by atoms with E-state index in [0.717, 1.165) is 12.0 Å². The van der Waals surface area contributed by atoms with Crippen molar-refractivity contribution < 1.29 is 9.59 Å². The number of carbonyl (C=O) groups excluding carboxylic acids is 2. The Balaban J connectivity index is 1.97. The average Bonchev–Trinajstić information content (AvgIpc) is 2.66. The first kappa shape index (κ1) is 20.3. The molecule has 0 fully saturated rings. The molecule has 7 heteroatoms. The quantitative estimate of drug-likeness (QED) is 0.554. The van der Waals surface area contributed by atoms with Crippen LogP contribution in [0.25, 0.3) is 0 Å². The standard InChI is InChI=1S/C19H22ClN3O2S/c1-4-12(2)22-17(24)14-7-5-13(6-8-14)11-21-18(25)15-9-10-16(20)23-19(15)26-3/h5-10,12H,4,11H2,1-3H3,(H,21,25)(H,22,24)/t12-/m0/s1. The summed E-state index contributed by atoms with van der Waals surface area (Å²) in [5, 5.41) is 6.74. The number of nitrogens with zero attached hydrogens (tertiary/aromatic N) is 1. The van der Waals surface area contributed by atoms with Crippen LogP contribution in [0, 0.1) is 0 Å². The third-order valence-corrected chi connectivity index (χ3v) is 4.83. The Kier molecular flexibility index (Phi) is 7.48. The van der Waals surface area contributed by atoms with Crippen molar-refractivity contribution in [3.63, 3.8) is 0 Å². The second-order valence-corrected chi connectivity index (χ2v) is 7.04. The zero-order valence-electron chi connectivity index (χ0n) is 15.0. The maximum Gasteiger partial charge on any atom is 0.254 e. The Morgan fingerprint density at radius 3 is 2.46 bits per heavy atom. The summed E-state index contributed by atoms with van der Waals surface area (Å²) in [5.41, 5.74) is 2.00. The molecule has 1 aromatic heterocycles. The van der Waals surface area contributed by atoms with Gasteiger partial charge in [-0.1, -0.05) is 30.7 Å². The monoisotopic (exact) mass is 391 g/mol. The van der Waals surface area contributed by atoms with Crippen molar-refractivity contribution in [2.75, 3.05) is 6.26 Å². The zero-order chi connectivity index (χ0) is 19.1. The number of hydrogen-bond donors (Lipinski definition) is 2. The van der Waals surface area contributed by atoms with Gasteiger partial charge in [-0.25, -0.2) is 4.98 Å². The molecule has 2 amide bonds. The molecule has 0 aliphatic heterocycles. The maximum absolute atomic E-state index is 12.4. The Morgan fingerprint density at radius 2 is 1.85 bits per heavy atom. The van der Waals surface area contributed by atoms with Crippen LogP contribution in [0.2, 0.25) is 5.15 Å². The fourth-order valence-electron chi connectivity index (χ4n) is 2.21. The Bertz CT molecular complexity index is 781. The SMILES string of the molecule is CC[C@H](C)NC(=O)c1ccc(CNC(=O)c2ccc(Cl)nc2SC)cc1. The molecular formula is C19H22ClN3O2S. The van der Waals surface area contributed by atoms with Crippen LogP contribution in [0.5, 0.6) is 0 Å². The predicted molar refractivity (Wildman–Crippen MR) is 106 cm³/mol. The summed E-state index contributed by atoms with van der Waals surface area (Å²) in [5.74, 6) is -0.302. The highest BCUT2D eigenvalue weighted by Crippen LogP contribution is 2.20. The Morgan fingerprint density at radius 1 is 1.15 bits per heavy atom. The first-order chi connectivity index (χ1) is 12.4. The van der Waals surface area contributed by atoms with Gasteiger partial charge in [0.2, 0.25) is 0 Å². The van der Waals surface area contributed by atoms with Crippen LogP contribution in [0.4, 0.5) is 0 Å². The van der Waals surface area contributed by atoms with Gasteiger partial charge in [-0.2, -0.15) is 0 Å². The minimum Gasteiger partial charge on any atom is -0.350 e. The lowest BCUT2D eigenvalue weighted by Gasteiger charge is -2.12. The number of aromatic nitrogens is 1. The lowest BCUT2D eigenvalue weighted by Crippen LogP contribution is -2.31. The van der Waals surface area contributed by atoms with Crippen molar-refractivity contribution >= 4 is 35.2 Å². The van der Waals surface area contributed by atoms with Crippen LogP contribution in [0.15, 0.2) is 41.4 Å². The van der Waals surface area contributed by atoms with Gasteiger partial charge >= 0.3 is 0 Å². The number of amides is 2. The van der Waals surface area contributed by atoms with E-state index in [-0.39, 0.29) is 17.9 Å². The number of halogens is 1. The van der Waals surface area contributed by atoms with Crippen molar-refractivity contribution in [3.8, 4) is 0 Å². The lowest BCUT2D eigenvalue weighted by atomic mass is 10.1. The molecule has 0 bridgehead atoms. The van der Waals surface area contributed by atoms with Gasteiger partial charge in [-0.05, 0) is 49.4 Å². The van der Waals surface area contributed by atoms with E-state index in [0.29, 0.717) is 27.9 Å². The molecule has 2 aromatic rings. The van der Waals surface area contributed by atoms with Crippen LogP contribution in [0.3, 0.4) is 0 Å². The maximum atomic E-state index is 12.4. The fourth-order valence-corrected chi connectivity index (χ4v) is 2.97. The van der Waals surface area contributed by atoms with Crippen molar-refractivity contribution in [1.82, 2.24) is 15.6 Å². The molecule has 1 aromatic carbocycles. The summed E-state index contributed by atoms with van der Waals surface area (Å²) in [6.07, 6.45) is 2.73. The minimum absolute atomic E-state index is 0.0909. The van der Waals surface area contributed by atoms with E-state index in [1.165, 1.54) is 11.8 Å². The Hall–Kier alpha value is -2.05. The highest BCUT2D eigenvalue weighted by atomic mass is 35.5. The molecule has 0 unspecified atom stereocenters. The second kappa shape index (κ2) is 9.59. The molecule has 138 valence electrons. The van der Waals surface area contributed by atoms with E-state index < -0.39 is 0 Å². The summed E-state index contributed by atoms with van der Waals surface area (Å²) in [7, 11) is 0. The normalized spacial score (nSPS) is 11.7. The van der Waals surface area contributed by atoms with E-state index in [1.807, 2.05) is 32.2 Å². The predicted octanol–water partition coefficient (Wildman–Crippen LogP) is 3.92. The van der Waals surface area contributed by atoms with Crippen molar-refractivity contribution in [1.29, 1.82) is 0 Å². The van der Waals surface area contributed by atoms with Gasteiger partial charge in [-0.15, -0.1) is 11.8 Å². The van der Waals surface area contributed by atoms with Crippen molar-refractivity contribution in [2.45, 2.75) is 37.9 Å². The number of rotatable bonds is 7. The highest BCUT2D eigenvalue weighted by molar-refractivity contribution is 7.98. The van der Waals surface area contributed by atoms with Gasteiger partial charge in [0.05, 0.1) is 5.56 Å². The van der Waals surface area contributed by atoms with E-state index in [2.05, 4.69) is 15.6 Å². The molecule has 2 N–H and O–H groups in total. The number of nitrogens with one attached hydrogen (secondary N) is 2. The second-order valence-electron chi connectivity index (χ2n) is 5.85. The first-order valence-electron chi connectivity index (χ1n) is 8.33. The summed E-state index contributed by atoms with van der Waals surface area (Å²) in [4.78, 5) is 28.6. The summed E-state index contributed by atoms with van der Waals surface area (Å²) < 4.78 is 0. The number of hydrogen-bond acceptors (Lipinski definition) is 4. The van der Waals surface area contributed by atoms with Crippen molar-refractivity contribution in [2.24, 2.45) is 0 Å². The van der Waals surface area contributed by atoms with Crippen LogP contribution >= 0.6 is 23.4 Å². The van der Waals surface area contributed by atoms with Crippen LogP contribution in [-0.2, 0) is 6.54 Å². The summed E-state index contributed by atoms with van der Waals surface area (Å²) in [6.45, 7) is 4.36. The first-order valence-corrected chi connectivity index (χ1v) is 9.93. The van der Waals surface area contributed by atoms with E-state index in [4.69, 9.17) is 11.6 Å². The molecule has 5 nitrogen and oxygen atoms in total. The average molecular weight is 392 g/mol. The molecule has 0 saturated carbocycles. The number of thioether (sulfide) groups is 1. The molecule has 0 saturated heterocycles. The van der Waals surface area contributed by atoms with Gasteiger partial charge in [0.1, 0.15) is 10.2 Å². The molecular weight excluding hydrogens is 370 g/mol. The topological polar surface area (TPSA) is 71.1 Å².